The molecular weight excluding hydrogens is 219 g/mol. The van der Waals surface area contributed by atoms with Crippen LogP contribution in [-0.4, -0.2) is 22.3 Å². The number of rotatable bonds is 6. The molecule has 3 nitrogen and oxygen atoms in total. The van der Waals surface area contributed by atoms with Crippen molar-refractivity contribution in [3.8, 4) is 0 Å². The topological polar surface area (TPSA) is 29.9 Å². The molecule has 1 heterocycles. The van der Waals surface area contributed by atoms with Crippen LogP contribution in [0.25, 0.3) is 0 Å². The lowest BCUT2D eigenvalue weighted by Gasteiger charge is -2.10. The smallest absolute Gasteiger partial charge is 0.356 e. The third kappa shape index (κ3) is 4.55. The van der Waals surface area contributed by atoms with E-state index in [0.717, 1.165) is 19.4 Å². The highest BCUT2D eigenvalue weighted by atomic mass is 19.4. The summed E-state index contributed by atoms with van der Waals surface area (Å²) in [6.45, 7) is 2.70. The fourth-order valence-corrected chi connectivity index (χ4v) is 1.28. The Morgan fingerprint density at radius 2 is 2.19 bits per heavy atom. The molecule has 0 unspecified atom stereocenters. The highest BCUT2D eigenvalue weighted by molar-refractivity contribution is 5.25. The summed E-state index contributed by atoms with van der Waals surface area (Å²) < 4.78 is 37.6. The minimum atomic E-state index is -4.12. The molecule has 0 amide bonds. The summed E-state index contributed by atoms with van der Waals surface area (Å²) in [6.07, 6.45) is 0.129. The third-order valence-electron chi connectivity index (χ3n) is 2.17. The monoisotopic (exact) mass is 235 g/mol. The number of hydrogen-bond donors (Lipinski definition) is 1. The maximum absolute atomic E-state index is 12.0. The van der Waals surface area contributed by atoms with Gasteiger partial charge in [0.1, 0.15) is 0 Å². The fraction of sp³-hybridized carbons (Fsp3) is 0.700. The van der Waals surface area contributed by atoms with Crippen molar-refractivity contribution < 1.29 is 13.2 Å². The van der Waals surface area contributed by atoms with E-state index in [9.17, 15) is 13.2 Å². The molecule has 1 N–H and O–H groups in total. The predicted octanol–water partition coefficient (Wildman–Crippen LogP) is 3.05. The molecule has 0 aliphatic heterocycles. The van der Waals surface area contributed by atoms with Crippen LogP contribution in [0, 0.1) is 0 Å². The lowest BCUT2D eigenvalue weighted by Crippen LogP contribution is -2.14. The summed E-state index contributed by atoms with van der Waals surface area (Å²) >= 11 is 0. The molecule has 0 spiro atoms. The highest BCUT2D eigenvalue weighted by Gasteiger charge is 2.26. The number of alkyl halides is 3. The maximum atomic E-state index is 12.0. The first-order valence-electron chi connectivity index (χ1n) is 5.34. The van der Waals surface area contributed by atoms with E-state index >= 15 is 0 Å². The Bertz CT molecular complexity index is 307. The molecular formula is C10H16F3N3. The van der Waals surface area contributed by atoms with Gasteiger partial charge < -0.3 is 9.88 Å². The van der Waals surface area contributed by atoms with Crippen molar-refractivity contribution >= 4 is 5.95 Å². The second-order valence-electron chi connectivity index (χ2n) is 3.59. The van der Waals surface area contributed by atoms with E-state index in [1.807, 2.05) is 0 Å². The second-order valence-corrected chi connectivity index (χ2v) is 3.59. The number of aromatic nitrogens is 2. The summed E-state index contributed by atoms with van der Waals surface area (Å²) in [6, 6.07) is 0. The van der Waals surface area contributed by atoms with E-state index < -0.39 is 12.6 Å². The number of hydrogen-bond acceptors (Lipinski definition) is 2. The zero-order valence-electron chi connectivity index (χ0n) is 9.22. The third-order valence-corrected chi connectivity index (χ3v) is 2.17. The van der Waals surface area contributed by atoms with Crippen molar-refractivity contribution in [1.82, 2.24) is 9.55 Å². The molecule has 6 heteroatoms. The highest BCUT2D eigenvalue weighted by Crippen LogP contribution is 2.21. The van der Waals surface area contributed by atoms with Gasteiger partial charge in [-0.3, -0.25) is 0 Å². The van der Waals surface area contributed by atoms with Gasteiger partial charge in [0.25, 0.3) is 0 Å². The van der Waals surface area contributed by atoms with Gasteiger partial charge in [-0.25, -0.2) is 4.98 Å². The Kier molecular flexibility index (Phi) is 4.64. The van der Waals surface area contributed by atoms with E-state index in [1.165, 1.54) is 10.8 Å². The number of unbranched alkanes of at least 4 members (excludes halogenated alkanes) is 1. The first-order chi connectivity index (χ1) is 7.53. The van der Waals surface area contributed by atoms with Crippen molar-refractivity contribution in [2.75, 3.05) is 11.9 Å². The predicted molar refractivity (Wildman–Crippen MR) is 56.3 cm³/mol. The van der Waals surface area contributed by atoms with E-state index in [-0.39, 0.29) is 6.54 Å². The number of nitrogens with one attached hydrogen (secondary N) is 1. The zero-order valence-corrected chi connectivity index (χ0v) is 9.22. The molecule has 92 valence electrons. The number of halogens is 3. The molecule has 16 heavy (non-hydrogen) atoms. The largest absolute Gasteiger partial charge is 0.390 e. The van der Waals surface area contributed by atoms with Crippen LogP contribution in [0.1, 0.15) is 26.2 Å². The molecule has 0 aliphatic rings. The van der Waals surface area contributed by atoms with Crippen molar-refractivity contribution in [1.29, 1.82) is 0 Å². The molecule has 0 fully saturated rings. The molecule has 0 saturated heterocycles. The van der Waals surface area contributed by atoms with Crippen LogP contribution < -0.4 is 5.32 Å². The molecule has 0 saturated carbocycles. The van der Waals surface area contributed by atoms with Gasteiger partial charge in [0, 0.05) is 25.5 Å². The first-order valence-corrected chi connectivity index (χ1v) is 5.34. The van der Waals surface area contributed by atoms with Crippen LogP contribution >= 0.6 is 0 Å². The van der Waals surface area contributed by atoms with Gasteiger partial charge in [-0.2, -0.15) is 13.2 Å². The lowest BCUT2D eigenvalue weighted by molar-refractivity contribution is -0.136. The Hall–Kier alpha value is -1.20. The average molecular weight is 235 g/mol. The fourth-order valence-electron chi connectivity index (χ4n) is 1.28. The van der Waals surface area contributed by atoms with Crippen molar-refractivity contribution in [2.45, 2.75) is 38.9 Å². The first kappa shape index (κ1) is 12.9. The van der Waals surface area contributed by atoms with Crippen LogP contribution in [0.15, 0.2) is 12.4 Å². The van der Waals surface area contributed by atoms with Gasteiger partial charge in [0.2, 0.25) is 5.95 Å². The van der Waals surface area contributed by atoms with E-state index in [4.69, 9.17) is 0 Å². The van der Waals surface area contributed by atoms with Crippen molar-refractivity contribution in [2.24, 2.45) is 0 Å². The van der Waals surface area contributed by atoms with Crippen molar-refractivity contribution in [3.05, 3.63) is 12.4 Å². The Morgan fingerprint density at radius 1 is 1.44 bits per heavy atom. The summed E-state index contributed by atoms with van der Waals surface area (Å²) in [5, 5.41) is 3.01. The zero-order chi connectivity index (χ0) is 12.0. The standard InChI is InChI=1S/C10H16F3N3/c1-2-3-5-14-9-15-6-8-16(9)7-4-10(11,12)13/h6,8H,2-5,7H2,1H3,(H,14,15). The number of imidazole rings is 1. The van der Waals surface area contributed by atoms with Gasteiger partial charge in [-0.05, 0) is 6.42 Å². The van der Waals surface area contributed by atoms with Crippen LogP contribution in [-0.2, 0) is 6.54 Å². The minimum Gasteiger partial charge on any atom is -0.356 e. The van der Waals surface area contributed by atoms with Crippen molar-refractivity contribution in [3.63, 3.8) is 0 Å². The van der Waals surface area contributed by atoms with Gasteiger partial charge in [0.15, 0.2) is 0 Å². The SMILES string of the molecule is CCCCNc1nccn1CCC(F)(F)F. The molecule has 1 aromatic rings. The lowest BCUT2D eigenvalue weighted by atomic mass is 10.3. The number of aryl methyl sites for hydroxylation is 1. The van der Waals surface area contributed by atoms with Crippen LogP contribution in [0.3, 0.4) is 0 Å². The molecule has 0 atom stereocenters. The average Bonchev–Trinajstić information content (AvgIpc) is 2.62. The molecule has 1 rings (SSSR count). The van der Waals surface area contributed by atoms with Gasteiger partial charge in [-0.15, -0.1) is 0 Å². The molecule has 0 aromatic carbocycles. The Morgan fingerprint density at radius 3 is 2.81 bits per heavy atom. The van der Waals surface area contributed by atoms with E-state index in [2.05, 4.69) is 17.2 Å². The Labute approximate surface area is 92.7 Å². The Balaban J connectivity index is 2.44. The molecule has 0 radical (unpaired) electrons. The van der Waals surface area contributed by atoms with Crippen LogP contribution in [0.5, 0.6) is 0 Å². The van der Waals surface area contributed by atoms with E-state index in [1.54, 1.807) is 6.20 Å². The molecule has 1 aromatic heterocycles. The van der Waals surface area contributed by atoms with E-state index in [0.29, 0.717) is 5.95 Å². The van der Waals surface area contributed by atoms with Gasteiger partial charge >= 0.3 is 6.18 Å². The maximum Gasteiger partial charge on any atom is 0.390 e. The summed E-state index contributed by atoms with van der Waals surface area (Å²) in [5.41, 5.74) is 0. The summed E-state index contributed by atoms with van der Waals surface area (Å²) in [4.78, 5) is 3.97. The minimum absolute atomic E-state index is 0.0854. The van der Waals surface area contributed by atoms with Gasteiger partial charge in [-0.1, -0.05) is 13.3 Å². The molecule has 0 bridgehead atoms. The molecule has 0 aliphatic carbocycles. The summed E-state index contributed by atoms with van der Waals surface area (Å²) in [5.74, 6) is 0.512. The number of anilines is 1. The van der Waals surface area contributed by atoms with Gasteiger partial charge in [0.05, 0.1) is 6.42 Å². The normalized spacial score (nSPS) is 11.8. The van der Waals surface area contributed by atoms with Crippen LogP contribution in [0.4, 0.5) is 19.1 Å². The second kappa shape index (κ2) is 5.77. The quantitative estimate of drug-likeness (QED) is 0.768. The number of nitrogens with zero attached hydrogens (tertiary/aromatic N) is 2. The van der Waals surface area contributed by atoms with Crippen LogP contribution in [0.2, 0.25) is 0 Å². The summed E-state index contributed by atoms with van der Waals surface area (Å²) in [7, 11) is 0.